The molecule has 4 nitrogen and oxygen atoms in total. The van der Waals surface area contributed by atoms with E-state index >= 15 is 0 Å². The van der Waals surface area contributed by atoms with Crippen molar-refractivity contribution in [2.75, 3.05) is 18.0 Å². The molecule has 0 spiro atoms. The normalized spacial score (nSPS) is 16.0. The zero-order valence-electron chi connectivity index (χ0n) is 12.6. The highest BCUT2D eigenvalue weighted by Crippen LogP contribution is 2.21. The Kier molecular flexibility index (Phi) is 4.04. The maximum Gasteiger partial charge on any atom is 0.213 e. The van der Waals surface area contributed by atoms with Gasteiger partial charge in [0.2, 0.25) is 5.88 Å². The van der Waals surface area contributed by atoms with Gasteiger partial charge >= 0.3 is 0 Å². The molecular weight excluding hydrogens is 262 g/mol. The molecule has 0 unspecified atom stereocenters. The van der Waals surface area contributed by atoms with Crippen LogP contribution >= 0.6 is 0 Å². The lowest BCUT2D eigenvalue weighted by Gasteiger charge is -2.32. The Morgan fingerprint density at radius 3 is 2.19 bits per heavy atom. The molecule has 1 saturated heterocycles. The van der Waals surface area contributed by atoms with Crippen molar-refractivity contribution in [2.45, 2.75) is 32.8 Å². The number of rotatable bonds is 3. The summed E-state index contributed by atoms with van der Waals surface area (Å²) >= 11 is 0. The summed E-state index contributed by atoms with van der Waals surface area (Å²) in [5.74, 6) is 1.79. The maximum atomic E-state index is 5.96. The van der Waals surface area contributed by atoms with Crippen LogP contribution in [0.25, 0.3) is 0 Å². The van der Waals surface area contributed by atoms with Gasteiger partial charge in [0, 0.05) is 44.4 Å². The Bertz CT molecular complexity index is 572. The summed E-state index contributed by atoms with van der Waals surface area (Å²) in [7, 11) is 0. The SMILES string of the molecule is Cc1ccc(OC2CCN(c3ccc(C)cn3)CC2)nc1. The van der Waals surface area contributed by atoms with Crippen LogP contribution in [0.1, 0.15) is 24.0 Å². The van der Waals surface area contributed by atoms with E-state index in [1.54, 1.807) is 0 Å². The quantitative estimate of drug-likeness (QED) is 0.867. The van der Waals surface area contributed by atoms with E-state index in [-0.39, 0.29) is 6.10 Å². The van der Waals surface area contributed by atoms with E-state index in [4.69, 9.17) is 4.74 Å². The van der Waals surface area contributed by atoms with Crippen molar-refractivity contribution in [3.05, 3.63) is 47.8 Å². The van der Waals surface area contributed by atoms with Gasteiger partial charge in [-0.2, -0.15) is 0 Å². The monoisotopic (exact) mass is 283 g/mol. The van der Waals surface area contributed by atoms with Crippen molar-refractivity contribution in [3.63, 3.8) is 0 Å². The van der Waals surface area contributed by atoms with E-state index in [1.807, 2.05) is 31.5 Å². The molecule has 0 aliphatic carbocycles. The van der Waals surface area contributed by atoms with Gasteiger partial charge in [0.05, 0.1) is 0 Å². The predicted octanol–water partition coefficient (Wildman–Crippen LogP) is 3.14. The highest BCUT2D eigenvalue weighted by atomic mass is 16.5. The number of ether oxygens (including phenoxy) is 1. The first-order chi connectivity index (χ1) is 10.2. The minimum atomic E-state index is 0.252. The van der Waals surface area contributed by atoms with Gasteiger partial charge in [-0.15, -0.1) is 0 Å². The fourth-order valence-corrected chi connectivity index (χ4v) is 2.54. The van der Waals surface area contributed by atoms with E-state index in [2.05, 4.69) is 33.9 Å². The maximum absolute atomic E-state index is 5.96. The van der Waals surface area contributed by atoms with Crippen LogP contribution in [0.5, 0.6) is 5.88 Å². The third kappa shape index (κ3) is 3.51. The third-order valence-electron chi connectivity index (χ3n) is 3.83. The molecule has 110 valence electrons. The van der Waals surface area contributed by atoms with Crippen LogP contribution in [0, 0.1) is 13.8 Å². The van der Waals surface area contributed by atoms with Crippen LogP contribution in [0.3, 0.4) is 0 Å². The van der Waals surface area contributed by atoms with Gasteiger partial charge in [-0.1, -0.05) is 12.1 Å². The van der Waals surface area contributed by atoms with Crippen LogP contribution in [-0.4, -0.2) is 29.2 Å². The van der Waals surface area contributed by atoms with Crippen molar-refractivity contribution in [3.8, 4) is 5.88 Å². The van der Waals surface area contributed by atoms with Crippen LogP contribution in [0.2, 0.25) is 0 Å². The van der Waals surface area contributed by atoms with Crippen molar-refractivity contribution >= 4 is 5.82 Å². The second-order valence-electron chi connectivity index (χ2n) is 5.67. The first-order valence-electron chi connectivity index (χ1n) is 7.47. The lowest BCUT2D eigenvalue weighted by Crippen LogP contribution is -2.38. The average Bonchev–Trinajstić information content (AvgIpc) is 2.51. The number of nitrogens with zero attached hydrogens (tertiary/aromatic N) is 3. The summed E-state index contributed by atoms with van der Waals surface area (Å²) in [6.45, 7) is 6.05. The summed E-state index contributed by atoms with van der Waals surface area (Å²) in [5, 5.41) is 0. The minimum Gasteiger partial charge on any atom is -0.474 e. The third-order valence-corrected chi connectivity index (χ3v) is 3.83. The fraction of sp³-hybridized carbons (Fsp3) is 0.412. The standard InChI is InChI=1S/C17H21N3O/c1-13-3-5-16(18-11-13)20-9-7-15(8-10-20)21-17-6-4-14(2)12-19-17/h3-6,11-12,15H,7-10H2,1-2H3. The molecule has 2 aromatic heterocycles. The molecule has 1 aliphatic rings. The number of aryl methyl sites for hydroxylation is 2. The number of hydrogen-bond donors (Lipinski definition) is 0. The van der Waals surface area contributed by atoms with E-state index in [1.165, 1.54) is 5.56 Å². The number of piperidine rings is 1. The first kappa shape index (κ1) is 13.9. The zero-order chi connectivity index (χ0) is 14.7. The van der Waals surface area contributed by atoms with Crippen LogP contribution < -0.4 is 9.64 Å². The molecule has 1 aliphatic heterocycles. The molecule has 0 atom stereocenters. The molecule has 0 amide bonds. The molecule has 1 fully saturated rings. The number of pyridine rings is 2. The number of anilines is 1. The molecule has 0 aromatic carbocycles. The van der Waals surface area contributed by atoms with Gasteiger partial charge in [-0.25, -0.2) is 9.97 Å². The van der Waals surface area contributed by atoms with E-state index in [0.717, 1.165) is 43.2 Å². The number of aromatic nitrogens is 2. The zero-order valence-corrected chi connectivity index (χ0v) is 12.6. The average molecular weight is 283 g/mol. The molecule has 3 rings (SSSR count). The molecule has 21 heavy (non-hydrogen) atoms. The highest BCUT2D eigenvalue weighted by molar-refractivity contribution is 5.39. The second-order valence-corrected chi connectivity index (χ2v) is 5.67. The molecule has 0 N–H and O–H groups in total. The minimum absolute atomic E-state index is 0.252. The number of hydrogen-bond acceptors (Lipinski definition) is 4. The topological polar surface area (TPSA) is 38.2 Å². The van der Waals surface area contributed by atoms with E-state index < -0.39 is 0 Å². The molecule has 4 heteroatoms. The fourth-order valence-electron chi connectivity index (χ4n) is 2.54. The Labute approximate surface area is 125 Å². The first-order valence-corrected chi connectivity index (χ1v) is 7.47. The summed E-state index contributed by atoms with van der Waals surface area (Å²) in [6, 6.07) is 8.19. The molecule has 0 bridgehead atoms. The van der Waals surface area contributed by atoms with Gasteiger partial charge in [0.1, 0.15) is 11.9 Å². The Morgan fingerprint density at radius 2 is 1.62 bits per heavy atom. The Morgan fingerprint density at radius 1 is 0.952 bits per heavy atom. The van der Waals surface area contributed by atoms with Gasteiger partial charge in [-0.3, -0.25) is 0 Å². The largest absolute Gasteiger partial charge is 0.474 e. The molecule has 3 heterocycles. The van der Waals surface area contributed by atoms with Gasteiger partial charge in [0.15, 0.2) is 0 Å². The molecular formula is C17H21N3O. The lowest BCUT2D eigenvalue weighted by molar-refractivity contribution is 0.164. The van der Waals surface area contributed by atoms with Crippen LogP contribution in [0.15, 0.2) is 36.7 Å². The van der Waals surface area contributed by atoms with Gasteiger partial charge in [-0.05, 0) is 31.0 Å². The Balaban J connectivity index is 1.55. The summed E-state index contributed by atoms with van der Waals surface area (Å²) in [4.78, 5) is 11.1. The van der Waals surface area contributed by atoms with Crippen molar-refractivity contribution in [1.29, 1.82) is 0 Å². The predicted molar refractivity (Wildman–Crippen MR) is 83.8 cm³/mol. The van der Waals surface area contributed by atoms with Gasteiger partial charge < -0.3 is 9.64 Å². The lowest BCUT2D eigenvalue weighted by atomic mass is 10.1. The molecule has 2 aromatic rings. The highest BCUT2D eigenvalue weighted by Gasteiger charge is 2.21. The summed E-state index contributed by atoms with van der Waals surface area (Å²) < 4.78 is 5.96. The van der Waals surface area contributed by atoms with E-state index in [0.29, 0.717) is 0 Å². The molecule has 0 radical (unpaired) electrons. The van der Waals surface area contributed by atoms with Crippen molar-refractivity contribution in [2.24, 2.45) is 0 Å². The summed E-state index contributed by atoms with van der Waals surface area (Å²) in [5.41, 5.74) is 2.35. The van der Waals surface area contributed by atoms with E-state index in [9.17, 15) is 0 Å². The van der Waals surface area contributed by atoms with Crippen molar-refractivity contribution < 1.29 is 4.74 Å². The second kappa shape index (κ2) is 6.12. The smallest absolute Gasteiger partial charge is 0.213 e. The van der Waals surface area contributed by atoms with Crippen LogP contribution in [0.4, 0.5) is 5.82 Å². The van der Waals surface area contributed by atoms with Crippen molar-refractivity contribution in [1.82, 2.24) is 9.97 Å². The molecule has 0 saturated carbocycles. The van der Waals surface area contributed by atoms with Crippen LogP contribution in [-0.2, 0) is 0 Å². The summed E-state index contributed by atoms with van der Waals surface area (Å²) in [6.07, 6.45) is 6.03. The Hall–Kier alpha value is -2.10. The van der Waals surface area contributed by atoms with Gasteiger partial charge in [0.25, 0.3) is 0 Å².